The molecule has 0 aliphatic rings. The summed E-state index contributed by atoms with van der Waals surface area (Å²) in [6.07, 6.45) is 0.837. The third-order valence-corrected chi connectivity index (χ3v) is 6.29. The van der Waals surface area contributed by atoms with E-state index in [4.69, 9.17) is 4.74 Å². The van der Waals surface area contributed by atoms with Gasteiger partial charge in [-0.2, -0.15) is 0 Å². The lowest BCUT2D eigenvalue weighted by Gasteiger charge is -2.17. The third kappa shape index (κ3) is 6.00. The first-order chi connectivity index (χ1) is 16.9. The van der Waals surface area contributed by atoms with E-state index in [2.05, 4.69) is 41.8 Å². The van der Waals surface area contributed by atoms with E-state index >= 15 is 0 Å². The molecule has 0 radical (unpaired) electrons. The predicted octanol–water partition coefficient (Wildman–Crippen LogP) is 5.77. The van der Waals surface area contributed by atoms with Crippen LogP contribution in [0.3, 0.4) is 0 Å². The van der Waals surface area contributed by atoms with Crippen LogP contribution in [0.1, 0.15) is 46.9 Å². The summed E-state index contributed by atoms with van der Waals surface area (Å²) in [5, 5.41) is 18.7. The van der Waals surface area contributed by atoms with E-state index in [1.807, 2.05) is 61.5 Å². The second kappa shape index (κ2) is 11.1. The van der Waals surface area contributed by atoms with Crippen LogP contribution in [0.4, 0.5) is 0 Å². The number of aromatic hydroxyl groups is 1. The van der Waals surface area contributed by atoms with Crippen molar-refractivity contribution in [3.8, 4) is 11.5 Å². The number of phenols is 1. The van der Waals surface area contributed by atoms with Gasteiger partial charge in [0.1, 0.15) is 0 Å². The second-order valence-electron chi connectivity index (χ2n) is 8.95. The highest BCUT2D eigenvalue weighted by Gasteiger charge is 2.14. The maximum Gasteiger partial charge on any atom is 0.251 e. The van der Waals surface area contributed by atoms with Gasteiger partial charge in [0.25, 0.3) is 5.91 Å². The first-order valence-corrected chi connectivity index (χ1v) is 11.9. The van der Waals surface area contributed by atoms with E-state index < -0.39 is 0 Å². The molecule has 0 bridgehead atoms. The van der Waals surface area contributed by atoms with Gasteiger partial charge in [0.15, 0.2) is 11.5 Å². The number of hydrogen-bond acceptors (Lipinski definition) is 4. The zero-order chi connectivity index (χ0) is 24.8. The average Bonchev–Trinajstić information content (AvgIpc) is 2.88. The number of hydrogen-bond donors (Lipinski definition) is 3. The molecule has 2 atom stereocenters. The number of rotatable bonds is 9. The third-order valence-electron chi connectivity index (χ3n) is 6.29. The summed E-state index contributed by atoms with van der Waals surface area (Å²) in [5.74, 6) is 0.532. The van der Waals surface area contributed by atoms with Crippen molar-refractivity contribution in [3.63, 3.8) is 0 Å². The quantitative estimate of drug-likeness (QED) is 0.292. The van der Waals surface area contributed by atoms with Crippen LogP contribution >= 0.6 is 0 Å². The van der Waals surface area contributed by atoms with Crippen molar-refractivity contribution in [2.75, 3.05) is 7.11 Å². The smallest absolute Gasteiger partial charge is 0.251 e. The summed E-state index contributed by atoms with van der Waals surface area (Å²) >= 11 is 0. The molecule has 0 aromatic heterocycles. The van der Waals surface area contributed by atoms with Gasteiger partial charge in [-0.3, -0.25) is 4.79 Å². The molecule has 3 N–H and O–H groups in total. The van der Waals surface area contributed by atoms with Gasteiger partial charge in [0.05, 0.1) is 13.2 Å². The molecule has 0 spiro atoms. The number of methoxy groups -OCH3 is 1. The molecule has 1 amide bonds. The number of fused-ring (bicyclic) bond motifs is 1. The molecular weight excluding hydrogens is 436 g/mol. The summed E-state index contributed by atoms with van der Waals surface area (Å²) in [7, 11) is 1.54. The minimum atomic E-state index is -0.101. The Hall–Kier alpha value is -3.83. The fraction of sp³-hybridized carbons (Fsp3) is 0.233. The fourth-order valence-electron chi connectivity index (χ4n) is 4.33. The number of phenolic OH excluding ortho intramolecular Hbond substituents is 1. The Morgan fingerprint density at radius 1 is 0.914 bits per heavy atom. The lowest BCUT2D eigenvalue weighted by molar-refractivity contribution is 0.0940. The summed E-state index contributed by atoms with van der Waals surface area (Å²) in [6, 6.07) is 27.7. The molecule has 5 nitrogen and oxygen atoms in total. The van der Waals surface area contributed by atoms with Crippen LogP contribution in [-0.2, 0) is 13.0 Å². The van der Waals surface area contributed by atoms with Gasteiger partial charge in [0.2, 0.25) is 0 Å². The van der Waals surface area contributed by atoms with E-state index in [9.17, 15) is 9.90 Å². The van der Waals surface area contributed by atoms with E-state index in [1.165, 1.54) is 5.39 Å². The van der Waals surface area contributed by atoms with Crippen molar-refractivity contribution < 1.29 is 14.6 Å². The number of amides is 1. The Morgan fingerprint density at radius 2 is 1.63 bits per heavy atom. The van der Waals surface area contributed by atoms with Gasteiger partial charge in [-0.05, 0) is 72.0 Å². The first-order valence-electron chi connectivity index (χ1n) is 11.9. The van der Waals surface area contributed by atoms with Crippen molar-refractivity contribution in [2.24, 2.45) is 0 Å². The molecule has 0 heterocycles. The highest BCUT2D eigenvalue weighted by Crippen LogP contribution is 2.26. The summed E-state index contributed by atoms with van der Waals surface area (Å²) in [6.45, 7) is 4.82. The zero-order valence-corrected chi connectivity index (χ0v) is 20.4. The predicted molar refractivity (Wildman–Crippen MR) is 141 cm³/mol. The van der Waals surface area contributed by atoms with Crippen molar-refractivity contribution in [1.29, 1.82) is 0 Å². The topological polar surface area (TPSA) is 70.6 Å². The first kappa shape index (κ1) is 24.3. The molecule has 0 saturated carbocycles. The van der Waals surface area contributed by atoms with Crippen molar-refractivity contribution in [1.82, 2.24) is 10.6 Å². The van der Waals surface area contributed by atoms with E-state index in [0.717, 1.165) is 28.5 Å². The van der Waals surface area contributed by atoms with E-state index in [-0.39, 0.29) is 23.7 Å². The molecule has 0 aliphatic heterocycles. The van der Waals surface area contributed by atoms with Crippen molar-refractivity contribution >= 4 is 16.7 Å². The van der Waals surface area contributed by atoms with Crippen molar-refractivity contribution in [3.05, 3.63) is 107 Å². The highest BCUT2D eigenvalue weighted by molar-refractivity contribution is 5.95. The minimum Gasteiger partial charge on any atom is -0.504 e. The molecule has 35 heavy (non-hydrogen) atoms. The summed E-state index contributed by atoms with van der Waals surface area (Å²) in [4.78, 5) is 12.9. The van der Waals surface area contributed by atoms with E-state index in [1.54, 1.807) is 13.2 Å². The van der Waals surface area contributed by atoms with Gasteiger partial charge < -0.3 is 20.5 Å². The van der Waals surface area contributed by atoms with Gasteiger partial charge in [-0.15, -0.1) is 0 Å². The standard InChI is InChI=1S/C30H32N2O3/c1-20(31-19-23-13-16-28(33)29(18-23)35-3)17-22-11-14-25(15-12-22)30(34)32-21(2)26-10-6-8-24-7-4-5-9-27(24)26/h4-16,18,20-21,31,33H,17,19H2,1-3H3,(H,32,34)/t20-,21-/m0/s1. The van der Waals surface area contributed by atoms with Crippen LogP contribution in [0.5, 0.6) is 11.5 Å². The molecule has 4 aromatic rings. The minimum absolute atomic E-state index is 0.0792. The molecule has 0 saturated heterocycles. The number of ether oxygens (including phenoxy) is 1. The SMILES string of the molecule is COc1cc(CN[C@@H](C)Cc2ccc(C(=O)N[C@@H](C)c3cccc4ccccc34)cc2)ccc1O. The normalized spacial score (nSPS) is 12.8. The zero-order valence-electron chi connectivity index (χ0n) is 20.4. The van der Waals surface area contributed by atoms with Crippen LogP contribution in [0.25, 0.3) is 10.8 Å². The maximum absolute atomic E-state index is 12.9. The van der Waals surface area contributed by atoms with Gasteiger partial charge in [-0.25, -0.2) is 0 Å². The number of carbonyl (C=O) groups excluding carboxylic acids is 1. The monoisotopic (exact) mass is 468 g/mol. The lowest BCUT2D eigenvalue weighted by atomic mass is 9.99. The highest BCUT2D eigenvalue weighted by atomic mass is 16.5. The molecule has 4 aromatic carbocycles. The Labute approximate surface area is 206 Å². The molecule has 0 fully saturated rings. The molecule has 0 unspecified atom stereocenters. The fourth-order valence-corrected chi connectivity index (χ4v) is 4.33. The number of benzene rings is 4. The van der Waals surface area contributed by atoms with Crippen LogP contribution in [0, 0.1) is 0 Å². The molecular formula is C30H32N2O3. The van der Waals surface area contributed by atoms with Crippen LogP contribution in [0.2, 0.25) is 0 Å². The Balaban J connectivity index is 1.33. The Bertz CT molecular complexity index is 1300. The molecule has 5 heteroatoms. The summed E-state index contributed by atoms with van der Waals surface area (Å²) < 4.78 is 5.18. The van der Waals surface area contributed by atoms with Crippen LogP contribution < -0.4 is 15.4 Å². The maximum atomic E-state index is 12.9. The van der Waals surface area contributed by atoms with E-state index in [0.29, 0.717) is 17.9 Å². The van der Waals surface area contributed by atoms with Crippen molar-refractivity contribution in [2.45, 2.75) is 38.9 Å². The molecule has 0 aliphatic carbocycles. The summed E-state index contributed by atoms with van der Waals surface area (Å²) in [5.41, 5.74) is 3.96. The molecule has 4 rings (SSSR count). The van der Waals surface area contributed by atoms with Gasteiger partial charge >= 0.3 is 0 Å². The molecule has 180 valence electrons. The van der Waals surface area contributed by atoms with Crippen LogP contribution in [0.15, 0.2) is 84.9 Å². The number of carbonyl (C=O) groups is 1. The average molecular weight is 469 g/mol. The Kier molecular flexibility index (Phi) is 7.68. The largest absolute Gasteiger partial charge is 0.504 e. The number of nitrogens with one attached hydrogen (secondary N) is 2. The Morgan fingerprint density at radius 3 is 2.40 bits per heavy atom. The lowest BCUT2D eigenvalue weighted by Crippen LogP contribution is -2.28. The van der Waals surface area contributed by atoms with Gasteiger partial charge in [-0.1, -0.05) is 60.7 Å². The van der Waals surface area contributed by atoms with Crippen LogP contribution in [-0.4, -0.2) is 24.2 Å². The van der Waals surface area contributed by atoms with Gasteiger partial charge in [0, 0.05) is 18.2 Å². The second-order valence-corrected chi connectivity index (χ2v) is 8.95.